The Morgan fingerprint density at radius 3 is 2.42 bits per heavy atom. The normalized spacial score (nSPS) is 13.4. The minimum absolute atomic E-state index is 0.242. The Morgan fingerprint density at radius 1 is 1.08 bits per heavy atom. The Labute approximate surface area is 138 Å². The summed E-state index contributed by atoms with van der Waals surface area (Å²) in [5, 5.41) is 10.1. The molecule has 2 unspecified atom stereocenters. The van der Waals surface area contributed by atoms with Crippen molar-refractivity contribution in [3.05, 3.63) is 71.0 Å². The van der Waals surface area contributed by atoms with E-state index in [1.165, 1.54) is 36.2 Å². The van der Waals surface area contributed by atoms with Crippen molar-refractivity contribution in [2.24, 2.45) is 0 Å². The summed E-state index contributed by atoms with van der Waals surface area (Å²) in [5.41, 5.74) is 0.738. The molecule has 0 fully saturated rings. The van der Waals surface area contributed by atoms with E-state index in [1.54, 1.807) is 6.92 Å². The van der Waals surface area contributed by atoms with Gasteiger partial charge in [0, 0.05) is 7.05 Å². The van der Waals surface area contributed by atoms with Crippen molar-refractivity contribution in [1.29, 1.82) is 0 Å². The van der Waals surface area contributed by atoms with Crippen molar-refractivity contribution in [1.82, 2.24) is 4.90 Å². The number of aliphatic hydroxyl groups is 1. The molecular weight excluding hydrogens is 319 g/mol. The summed E-state index contributed by atoms with van der Waals surface area (Å²) in [6.07, 6.45) is -1.39. The van der Waals surface area contributed by atoms with Crippen LogP contribution in [0.1, 0.15) is 36.6 Å². The third-order valence-electron chi connectivity index (χ3n) is 4.00. The van der Waals surface area contributed by atoms with Gasteiger partial charge in [0.1, 0.15) is 5.82 Å². The molecule has 1 N–H and O–H groups in total. The van der Waals surface area contributed by atoms with Crippen molar-refractivity contribution < 1.29 is 23.1 Å². The summed E-state index contributed by atoms with van der Waals surface area (Å²) in [6, 6.07) is 8.31. The van der Waals surface area contributed by atoms with Crippen LogP contribution in [-0.2, 0) is 4.79 Å². The molecule has 2 aromatic rings. The van der Waals surface area contributed by atoms with Gasteiger partial charge in [0.2, 0.25) is 5.91 Å². The van der Waals surface area contributed by atoms with Gasteiger partial charge in [-0.15, -0.1) is 0 Å². The predicted octanol–water partition coefficient (Wildman–Crippen LogP) is 3.75. The first-order valence-electron chi connectivity index (χ1n) is 7.43. The fourth-order valence-corrected chi connectivity index (χ4v) is 2.35. The minimum Gasteiger partial charge on any atom is -0.388 e. The summed E-state index contributed by atoms with van der Waals surface area (Å²) in [7, 11) is 1.51. The van der Waals surface area contributed by atoms with E-state index >= 15 is 0 Å². The van der Waals surface area contributed by atoms with Crippen molar-refractivity contribution in [2.45, 2.75) is 25.5 Å². The van der Waals surface area contributed by atoms with Crippen LogP contribution in [0.4, 0.5) is 13.2 Å². The summed E-state index contributed by atoms with van der Waals surface area (Å²) < 4.78 is 39.5. The van der Waals surface area contributed by atoms with Gasteiger partial charge in [-0.1, -0.05) is 18.2 Å². The van der Waals surface area contributed by atoms with Crippen LogP contribution in [0.2, 0.25) is 0 Å². The zero-order valence-electron chi connectivity index (χ0n) is 13.3. The molecule has 0 aromatic heterocycles. The number of halogens is 3. The van der Waals surface area contributed by atoms with Gasteiger partial charge >= 0.3 is 0 Å². The highest BCUT2D eigenvalue weighted by atomic mass is 19.2. The first-order chi connectivity index (χ1) is 11.3. The lowest BCUT2D eigenvalue weighted by molar-refractivity contribution is -0.134. The number of hydrogen-bond donors (Lipinski definition) is 1. The molecule has 0 bridgehead atoms. The largest absolute Gasteiger partial charge is 0.388 e. The number of amides is 1. The van der Waals surface area contributed by atoms with E-state index in [1.807, 2.05) is 0 Å². The van der Waals surface area contributed by atoms with Gasteiger partial charge in [-0.25, -0.2) is 13.2 Å². The van der Waals surface area contributed by atoms with Crippen molar-refractivity contribution in [3.63, 3.8) is 0 Å². The van der Waals surface area contributed by atoms with Gasteiger partial charge in [0.25, 0.3) is 0 Å². The summed E-state index contributed by atoms with van der Waals surface area (Å²) in [6.45, 7) is 1.67. The lowest BCUT2D eigenvalue weighted by Gasteiger charge is -2.26. The third-order valence-corrected chi connectivity index (χ3v) is 4.00. The average molecular weight is 337 g/mol. The van der Waals surface area contributed by atoms with Crippen LogP contribution in [0, 0.1) is 17.5 Å². The summed E-state index contributed by atoms with van der Waals surface area (Å²) in [4.78, 5) is 13.6. The Bertz CT molecular complexity index is 736. The smallest absolute Gasteiger partial charge is 0.225 e. The molecule has 0 radical (unpaired) electrons. The van der Waals surface area contributed by atoms with Gasteiger partial charge < -0.3 is 10.0 Å². The molecule has 2 aromatic carbocycles. The lowest BCUT2D eigenvalue weighted by Crippen LogP contribution is -2.30. The summed E-state index contributed by atoms with van der Waals surface area (Å²) >= 11 is 0. The predicted molar refractivity (Wildman–Crippen MR) is 83.5 cm³/mol. The molecule has 0 spiro atoms. The molecule has 0 aliphatic heterocycles. The zero-order valence-corrected chi connectivity index (χ0v) is 13.3. The first-order valence-corrected chi connectivity index (χ1v) is 7.43. The second kappa shape index (κ2) is 7.49. The quantitative estimate of drug-likeness (QED) is 0.903. The van der Waals surface area contributed by atoms with Gasteiger partial charge in [-0.2, -0.15) is 0 Å². The number of aliphatic hydroxyl groups excluding tert-OH is 1. The molecule has 2 atom stereocenters. The number of nitrogens with zero attached hydrogens (tertiary/aromatic N) is 1. The van der Waals surface area contributed by atoms with E-state index in [-0.39, 0.29) is 6.42 Å². The molecule has 3 nitrogen and oxygen atoms in total. The molecule has 1 amide bonds. The van der Waals surface area contributed by atoms with Crippen LogP contribution in [0.5, 0.6) is 0 Å². The molecule has 128 valence electrons. The standard InChI is InChI=1S/C18H18F3NO2/c1-11(12-6-7-15(20)16(21)9-12)22(2)18(24)10-17(23)13-4-3-5-14(19)8-13/h3-9,11,17,23H,10H2,1-2H3. The van der Waals surface area contributed by atoms with E-state index in [0.29, 0.717) is 11.1 Å². The number of carbonyl (C=O) groups excluding carboxylic acids is 1. The van der Waals surface area contributed by atoms with Crippen LogP contribution in [0.25, 0.3) is 0 Å². The Morgan fingerprint density at radius 2 is 1.79 bits per heavy atom. The molecule has 0 aliphatic carbocycles. The Hall–Kier alpha value is -2.34. The number of rotatable bonds is 5. The fraction of sp³-hybridized carbons (Fsp3) is 0.278. The fourth-order valence-electron chi connectivity index (χ4n) is 2.35. The van der Waals surface area contributed by atoms with E-state index in [4.69, 9.17) is 0 Å². The van der Waals surface area contributed by atoms with Gasteiger partial charge in [-0.3, -0.25) is 4.79 Å². The molecular formula is C18H18F3NO2. The maximum absolute atomic E-state index is 13.3. The maximum Gasteiger partial charge on any atom is 0.225 e. The van der Waals surface area contributed by atoms with E-state index < -0.39 is 35.5 Å². The van der Waals surface area contributed by atoms with Crippen molar-refractivity contribution in [3.8, 4) is 0 Å². The van der Waals surface area contributed by atoms with Crippen molar-refractivity contribution >= 4 is 5.91 Å². The lowest BCUT2D eigenvalue weighted by atomic mass is 10.0. The summed E-state index contributed by atoms with van der Waals surface area (Å²) in [5.74, 6) is -2.84. The second-order valence-corrected chi connectivity index (χ2v) is 5.63. The average Bonchev–Trinajstić information content (AvgIpc) is 2.55. The minimum atomic E-state index is -1.15. The third kappa shape index (κ3) is 4.14. The molecule has 24 heavy (non-hydrogen) atoms. The number of hydrogen-bond acceptors (Lipinski definition) is 2. The highest BCUT2D eigenvalue weighted by molar-refractivity contribution is 5.77. The van der Waals surface area contributed by atoms with Crippen LogP contribution in [0.3, 0.4) is 0 Å². The van der Waals surface area contributed by atoms with E-state index in [0.717, 1.165) is 18.2 Å². The zero-order chi connectivity index (χ0) is 17.9. The topological polar surface area (TPSA) is 40.5 Å². The molecule has 0 aliphatic rings. The van der Waals surface area contributed by atoms with Crippen molar-refractivity contribution in [2.75, 3.05) is 7.05 Å². The van der Waals surface area contributed by atoms with Gasteiger partial charge in [0.05, 0.1) is 18.6 Å². The Balaban J connectivity index is 2.06. The number of benzene rings is 2. The van der Waals surface area contributed by atoms with E-state index in [9.17, 15) is 23.1 Å². The SMILES string of the molecule is CC(c1ccc(F)c(F)c1)N(C)C(=O)CC(O)c1cccc(F)c1. The molecule has 0 saturated heterocycles. The molecule has 0 saturated carbocycles. The van der Waals surface area contributed by atoms with Crippen LogP contribution < -0.4 is 0 Å². The first kappa shape index (κ1) is 18.0. The Kier molecular flexibility index (Phi) is 5.62. The van der Waals surface area contributed by atoms with Crippen LogP contribution in [0.15, 0.2) is 42.5 Å². The molecule has 0 heterocycles. The van der Waals surface area contributed by atoms with E-state index in [2.05, 4.69) is 0 Å². The van der Waals surface area contributed by atoms with Gasteiger partial charge in [0.15, 0.2) is 11.6 Å². The van der Waals surface area contributed by atoms with Gasteiger partial charge in [-0.05, 0) is 42.3 Å². The second-order valence-electron chi connectivity index (χ2n) is 5.63. The maximum atomic E-state index is 13.3. The molecule has 2 rings (SSSR count). The highest BCUT2D eigenvalue weighted by Crippen LogP contribution is 2.24. The van der Waals surface area contributed by atoms with Crippen LogP contribution in [-0.4, -0.2) is 23.0 Å². The number of carbonyl (C=O) groups is 1. The monoisotopic (exact) mass is 337 g/mol. The highest BCUT2D eigenvalue weighted by Gasteiger charge is 2.22. The van der Waals surface area contributed by atoms with Crippen LogP contribution >= 0.6 is 0 Å². The molecule has 6 heteroatoms.